The van der Waals surface area contributed by atoms with Crippen LogP contribution in [0, 0.1) is 0 Å². The highest BCUT2D eigenvalue weighted by atomic mass is 15.2. The lowest BCUT2D eigenvalue weighted by Crippen LogP contribution is -2.48. The maximum Gasteiger partial charge on any atom is 0.0218 e. The van der Waals surface area contributed by atoms with E-state index in [9.17, 15) is 0 Å². The average Bonchev–Trinajstić information content (AvgIpc) is 2.18. The van der Waals surface area contributed by atoms with Crippen LogP contribution in [0.1, 0.15) is 40.0 Å². The lowest BCUT2D eigenvalue weighted by Gasteiger charge is -2.36. The summed E-state index contributed by atoms with van der Waals surface area (Å²) in [6, 6.07) is 1.32. The minimum Gasteiger partial charge on any atom is -0.313 e. The normalized spacial score (nSPS) is 24.2. The van der Waals surface area contributed by atoms with Crippen molar-refractivity contribution in [3.05, 3.63) is 0 Å². The van der Waals surface area contributed by atoms with E-state index in [0.29, 0.717) is 12.1 Å². The van der Waals surface area contributed by atoms with Crippen molar-refractivity contribution in [2.24, 2.45) is 0 Å². The zero-order chi connectivity index (χ0) is 9.68. The smallest absolute Gasteiger partial charge is 0.0218 e. The summed E-state index contributed by atoms with van der Waals surface area (Å²) in [4.78, 5) is 2.62. The van der Waals surface area contributed by atoms with Crippen molar-refractivity contribution < 1.29 is 0 Å². The summed E-state index contributed by atoms with van der Waals surface area (Å²) in [5.74, 6) is 0. The zero-order valence-corrected chi connectivity index (χ0v) is 9.34. The molecule has 1 fully saturated rings. The van der Waals surface area contributed by atoms with Gasteiger partial charge in [0.05, 0.1) is 0 Å². The molecular weight excluding hydrogens is 160 g/mol. The molecule has 1 aliphatic heterocycles. The molecule has 2 unspecified atom stereocenters. The first-order valence-corrected chi connectivity index (χ1v) is 5.73. The van der Waals surface area contributed by atoms with Crippen LogP contribution in [0.4, 0.5) is 0 Å². The Hall–Kier alpha value is -0.0800. The number of nitrogens with one attached hydrogen (secondary N) is 1. The summed E-state index contributed by atoms with van der Waals surface area (Å²) in [7, 11) is 0. The van der Waals surface area contributed by atoms with Gasteiger partial charge in [0.25, 0.3) is 0 Å². The van der Waals surface area contributed by atoms with Gasteiger partial charge in [-0.15, -0.1) is 0 Å². The van der Waals surface area contributed by atoms with E-state index in [0.717, 1.165) is 6.54 Å². The third-order valence-electron chi connectivity index (χ3n) is 3.22. The van der Waals surface area contributed by atoms with Crippen LogP contribution >= 0.6 is 0 Å². The molecule has 2 atom stereocenters. The van der Waals surface area contributed by atoms with Gasteiger partial charge in [-0.1, -0.05) is 13.3 Å². The fraction of sp³-hybridized carbons (Fsp3) is 1.00. The predicted octanol–water partition coefficient (Wildman–Crippen LogP) is 1.86. The predicted molar refractivity (Wildman–Crippen MR) is 58.0 cm³/mol. The molecule has 0 aromatic heterocycles. The summed E-state index contributed by atoms with van der Waals surface area (Å²) >= 11 is 0. The van der Waals surface area contributed by atoms with Gasteiger partial charge in [-0.25, -0.2) is 0 Å². The topological polar surface area (TPSA) is 15.3 Å². The van der Waals surface area contributed by atoms with Crippen LogP contribution in [-0.4, -0.2) is 36.6 Å². The number of piperidine rings is 1. The van der Waals surface area contributed by atoms with E-state index in [1.807, 2.05) is 0 Å². The number of rotatable bonds is 4. The zero-order valence-electron chi connectivity index (χ0n) is 9.34. The van der Waals surface area contributed by atoms with Crippen molar-refractivity contribution in [2.45, 2.75) is 52.1 Å². The van der Waals surface area contributed by atoms with E-state index in [1.165, 1.54) is 32.4 Å². The second kappa shape index (κ2) is 5.61. The minimum absolute atomic E-state index is 0.628. The summed E-state index contributed by atoms with van der Waals surface area (Å²) < 4.78 is 0. The number of nitrogens with zero attached hydrogens (tertiary/aromatic N) is 1. The first-order valence-electron chi connectivity index (χ1n) is 5.73. The monoisotopic (exact) mass is 184 g/mol. The Morgan fingerprint density at radius 3 is 2.31 bits per heavy atom. The van der Waals surface area contributed by atoms with Crippen LogP contribution in [0.25, 0.3) is 0 Å². The van der Waals surface area contributed by atoms with Crippen molar-refractivity contribution in [3.8, 4) is 0 Å². The van der Waals surface area contributed by atoms with Crippen LogP contribution in [0.5, 0.6) is 0 Å². The van der Waals surface area contributed by atoms with Crippen molar-refractivity contribution in [3.63, 3.8) is 0 Å². The number of hydrogen-bond acceptors (Lipinski definition) is 2. The fourth-order valence-electron chi connectivity index (χ4n) is 2.13. The van der Waals surface area contributed by atoms with Crippen molar-refractivity contribution in [1.82, 2.24) is 10.2 Å². The molecule has 1 saturated heterocycles. The maximum absolute atomic E-state index is 3.50. The molecule has 2 nitrogen and oxygen atoms in total. The summed E-state index contributed by atoms with van der Waals surface area (Å²) in [6.45, 7) is 10.5. The molecule has 1 rings (SSSR count). The first-order chi connectivity index (χ1) is 6.25. The van der Waals surface area contributed by atoms with E-state index in [1.54, 1.807) is 0 Å². The molecule has 1 aliphatic rings. The lowest BCUT2D eigenvalue weighted by molar-refractivity contribution is 0.147. The third-order valence-corrected chi connectivity index (χ3v) is 3.22. The van der Waals surface area contributed by atoms with Crippen molar-refractivity contribution in [2.75, 3.05) is 19.6 Å². The molecule has 1 heterocycles. The molecule has 2 heteroatoms. The Morgan fingerprint density at radius 1 is 1.15 bits per heavy atom. The number of hydrogen-bond donors (Lipinski definition) is 1. The molecule has 0 amide bonds. The van der Waals surface area contributed by atoms with Crippen LogP contribution < -0.4 is 5.32 Å². The van der Waals surface area contributed by atoms with Gasteiger partial charge < -0.3 is 5.32 Å². The Labute approximate surface area is 82.7 Å². The van der Waals surface area contributed by atoms with Gasteiger partial charge in [0, 0.05) is 12.1 Å². The lowest BCUT2D eigenvalue weighted by atomic mass is 10.1. The van der Waals surface area contributed by atoms with E-state index >= 15 is 0 Å². The average molecular weight is 184 g/mol. The van der Waals surface area contributed by atoms with E-state index in [2.05, 4.69) is 31.0 Å². The largest absolute Gasteiger partial charge is 0.313 e. The Kier molecular flexibility index (Phi) is 4.74. The molecular formula is C11H24N2. The van der Waals surface area contributed by atoms with Crippen LogP contribution in [0.3, 0.4) is 0 Å². The van der Waals surface area contributed by atoms with Crippen LogP contribution in [0.2, 0.25) is 0 Å². The van der Waals surface area contributed by atoms with Crippen molar-refractivity contribution in [1.29, 1.82) is 0 Å². The van der Waals surface area contributed by atoms with Gasteiger partial charge in [0.15, 0.2) is 0 Å². The SMILES string of the molecule is CCNC(C)C(C)N1CCCCC1. The molecule has 0 aromatic carbocycles. The number of likely N-dealkylation sites (tertiary alicyclic amines) is 1. The second-order valence-corrected chi connectivity index (χ2v) is 4.18. The quantitative estimate of drug-likeness (QED) is 0.717. The minimum atomic E-state index is 0.628. The molecule has 1 N–H and O–H groups in total. The van der Waals surface area contributed by atoms with Crippen molar-refractivity contribution >= 4 is 0 Å². The standard InChI is InChI=1S/C11H24N2/c1-4-12-10(2)11(3)13-8-6-5-7-9-13/h10-12H,4-9H2,1-3H3. The molecule has 0 spiro atoms. The molecule has 0 radical (unpaired) electrons. The van der Waals surface area contributed by atoms with Crippen LogP contribution in [-0.2, 0) is 0 Å². The van der Waals surface area contributed by atoms with Gasteiger partial charge in [-0.2, -0.15) is 0 Å². The molecule has 0 aromatic rings. The highest BCUT2D eigenvalue weighted by Crippen LogP contribution is 2.13. The highest BCUT2D eigenvalue weighted by Gasteiger charge is 2.20. The molecule has 13 heavy (non-hydrogen) atoms. The fourth-order valence-corrected chi connectivity index (χ4v) is 2.13. The van der Waals surface area contributed by atoms with Crippen LogP contribution in [0.15, 0.2) is 0 Å². The summed E-state index contributed by atoms with van der Waals surface area (Å²) in [5.41, 5.74) is 0. The molecule has 78 valence electrons. The summed E-state index contributed by atoms with van der Waals surface area (Å²) in [5, 5.41) is 3.50. The molecule has 0 bridgehead atoms. The highest BCUT2D eigenvalue weighted by molar-refractivity contribution is 4.79. The second-order valence-electron chi connectivity index (χ2n) is 4.18. The van der Waals surface area contributed by atoms with Gasteiger partial charge in [-0.05, 0) is 46.3 Å². The van der Waals surface area contributed by atoms with E-state index in [4.69, 9.17) is 0 Å². The Balaban J connectivity index is 2.31. The first kappa shape index (κ1) is 11.0. The Bertz CT molecular complexity index is 130. The van der Waals surface area contributed by atoms with Gasteiger partial charge in [-0.3, -0.25) is 4.90 Å². The number of likely N-dealkylation sites (N-methyl/N-ethyl adjacent to an activating group) is 1. The third kappa shape index (κ3) is 3.28. The Morgan fingerprint density at radius 2 is 1.77 bits per heavy atom. The van der Waals surface area contributed by atoms with E-state index in [-0.39, 0.29) is 0 Å². The van der Waals surface area contributed by atoms with Gasteiger partial charge in [0.1, 0.15) is 0 Å². The van der Waals surface area contributed by atoms with Gasteiger partial charge in [0.2, 0.25) is 0 Å². The molecule has 0 aliphatic carbocycles. The summed E-state index contributed by atoms with van der Waals surface area (Å²) in [6.07, 6.45) is 4.21. The van der Waals surface area contributed by atoms with E-state index < -0.39 is 0 Å². The molecule has 0 saturated carbocycles. The maximum atomic E-state index is 3.50. The van der Waals surface area contributed by atoms with Gasteiger partial charge >= 0.3 is 0 Å².